The molecule has 3 unspecified atom stereocenters. The van der Waals surface area contributed by atoms with Gasteiger partial charge >= 0.3 is 0 Å². The highest BCUT2D eigenvalue weighted by atomic mass is 19.1. The van der Waals surface area contributed by atoms with Gasteiger partial charge in [0.25, 0.3) is 0 Å². The smallest absolute Gasteiger partial charge is 0.126 e. The number of rotatable bonds is 6. The van der Waals surface area contributed by atoms with Gasteiger partial charge in [0.1, 0.15) is 11.6 Å². The molecule has 1 aromatic rings. The molecule has 1 aromatic carbocycles. The Hall–Kier alpha value is -1.00. The lowest BCUT2D eigenvalue weighted by atomic mass is 9.91. The third-order valence-corrected chi connectivity index (χ3v) is 3.20. The Morgan fingerprint density at radius 3 is 2.61 bits per heavy atom. The van der Waals surface area contributed by atoms with E-state index in [2.05, 4.69) is 0 Å². The summed E-state index contributed by atoms with van der Waals surface area (Å²) in [4.78, 5) is 0. The summed E-state index contributed by atoms with van der Waals surface area (Å²) in [5.41, 5.74) is 6.09. The molecule has 0 aliphatic rings. The van der Waals surface area contributed by atoms with E-state index in [4.69, 9.17) is 5.73 Å². The zero-order valence-electron chi connectivity index (χ0n) is 10.9. The molecular formula is C14H21F2NO. The summed E-state index contributed by atoms with van der Waals surface area (Å²) >= 11 is 0. The van der Waals surface area contributed by atoms with Crippen molar-refractivity contribution < 1.29 is 13.9 Å². The Balaban J connectivity index is 2.69. The lowest BCUT2D eigenvalue weighted by molar-refractivity contribution is 0.123. The molecule has 0 aromatic heterocycles. The summed E-state index contributed by atoms with van der Waals surface area (Å²) in [6, 6.07) is 3.07. The van der Waals surface area contributed by atoms with E-state index < -0.39 is 17.7 Å². The van der Waals surface area contributed by atoms with Crippen LogP contribution in [0.3, 0.4) is 0 Å². The van der Waals surface area contributed by atoms with Crippen molar-refractivity contribution in [1.82, 2.24) is 0 Å². The van der Waals surface area contributed by atoms with E-state index >= 15 is 0 Å². The molecule has 4 heteroatoms. The highest BCUT2D eigenvalue weighted by molar-refractivity contribution is 5.22. The Morgan fingerprint density at radius 1 is 1.33 bits per heavy atom. The molecule has 0 fully saturated rings. The lowest BCUT2D eigenvalue weighted by Gasteiger charge is -2.22. The maximum Gasteiger partial charge on any atom is 0.126 e. The predicted molar refractivity (Wildman–Crippen MR) is 68.3 cm³/mol. The van der Waals surface area contributed by atoms with E-state index in [1.807, 2.05) is 6.92 Å². The maximum atomic E-state index is 13.5. The number of halogens is 2. The number of aliphatic hydroxyl groups excluding tert-OH is 1. The third kappa shape index (κ3) is 4.03. The first-order chi connectivity index (χ1) is 8.45. The molecular weight excluding hydrogens is 236 g/mol. The summed E-state index contributed by atoms with van der Waals surface area (Å²) in [6.07, 6.45) is 1.25. The average Bonchev–Trinajstić information content (AvgIpc) is 2.32. The molecule has 18 heavy (non-hydrogen) atoms. The van der Waals surface area contributed by atoms with Crippen LogP contribution in [-0.4, -0.2) is 17.3 Å². The van der Waals surface area contributed by atoms with Crippen LogP contribution >= 0.6 is 0 Å². The SMILES string of the molecule is CCCC(N)C(O)CC(C)c1cc(F)ccc1F. The number of hydrogen-bond acceptors (Lipinski definition) is 2. The van der Waals surface area contributed by atoms with Gasteiger partial charge in [0.2, 0.25) is 0 Å². The van der Waals surface area contributed by atoms with E-state index in [9.17, 15) is 13.9 Å². The van der Waals surface area contributed by atoms with Crippen molar-refractivity contribution >= 4 is 0 Å². The van der Waals surface area contributed by atoms with Gasteiger partial charge in [0.05, 0.1) is 6.10 Å². The summed E-state index contributed by atoms with van der Waals surface area (Å²) in [5.74, 6) is -1.18. The molecule has 0 saturated carbocycles. The second-order valence-electron chi connectivity index (χ2n) is 4.82. The summed E-state index contributed by atoms with van der Waals surface area (Å²) in [5, 5.41) is 9.90. The molecule has 0 aliphatic heterocycles. The van der Waals surface area contributed by atoms with E-state index in [0.29, 0.717) is 6.42 Å². The first-order valence-corrected chi connectivity index (χ1v) is 6.34. The molecule has 0 heterocycles. The largest absolute Gasteiger partial charge is 0.391 e. The van der Waals surface area contributed by atoms with Crippen LogP contribution in [0, 0.1) is 11.6 Å². The van der Waals surface area contributed by atoms with Gasteiger partial charge in [-0.15, -0.1) is 0 Å². The van der Waals surface area contributed by atoms with E-state index in [0.717, 1.165) is 25.0 Å². The van der Waals surface area contributed by atoms with Crippen LogP contribution in [0.25, 0.3) is 0 Å². The molecule has 1 rings (SSSR count). The summed E-state index contributed by atoms with van der Waals surface area (Å²) in [7, 11) is 0. The Kier molecular flexibility index (Phi) is 5.69. The quantitative estimate of drug-likeness (QED) is 0.823. The third-order valence-electron chi connectivity index (χ3n) is 3.20. The van der Waals surface area contributed by atoms with Crippen LogP contribution in [0.4, 0.5) is 8.78 Å². The van der Waals surface area contributed by atoms with Crippen LogP contribution in [0.2, 0.25) is 0 Å². The molecule has 0 amide bonds. The fourth-order valence-corrected chi connectivity index (χ4v) is 2.08. The van der Waals surface area contributed by atoms with E-state index in [1.165, 1.54) is 6.07 Å². The van der Waals surface area contributed by atoms with Crippen LogP contribution in [0.5, 0.6) is 0 Å². The second kappa shape index (κ2) is 6.81. The van der Waals surface area contributed by atoms with Gasteiger partial charge in [-0.1, -0.05) is 20.3 Å². The Morgan fingerprint density at radius 2 is 2.00 bits per heavy atom. The molecule has 0 aliphatic carbocycles. The van der Waals surface area contributed by atoms with Gasteiger partial charge in [-0.05, 0) is 42.5 Å². The number of benzene rings is 1. The fraction of sp³-hybridized carbons (Fsp3) is 0.571. The zero-order chi connectivity index (χ0) is 13.7. The van der Waals surface area contributed by atoms with Crippen molar-refractivity contribution in [3.8, 4) is 0 Å². The average molecular weight is 257 g/mol. The maximum absolute atomic E-state index is 13.5. The molecule has 0 bridgehead atoms. The molecule has 2 nitrogen and oxygen atoms in total. The van der Waals surface area contributed by atoms with Crippen LogP contribution < -0.4 is 5.73 Å². The first kappa shape index (κ1) is 15.1. The van der Waals surface area contributed by atoms with Gasteiger partial charge in [-0.3, -0.25) is 0 Å². The van der Waals surface area contributed by atoms with Crippen molar-refractivity contribution in [1.29, 1.82) is 0 Å². The summed E-state index contributed by atoms with van der Waals surface area (Å²) < 4.78 is 26.6. The van der Waals surface area contributed by atoms with Crippen LogP contribution in [-0.2, 0) is 0 Å². The van der Waals surface area contributed by atoms with Gasteiger partial charge in [0, 0.05) is 6.04 Å². The highest BCUT2D eigenvalue weighted by Gasteiger charge is 2.20. The minimum Gasteiger partial charge on any atom is -0.391 e. The molecule has 3 atom stereocenters. The minimum absolute atomic E-state index is 0.265. The molecule has 0 spiro atoms. The monoisotopic (exact) mass is 257 g/mol. The fourth-order valence-electron chi connectivity index (χ4n) is 2.08. The Bertz CT molecular complexity index is 384. The molecule has 0 radical (unpaired) electrons. The van der Waals surface area contributed by atoms with Crippen molar-refractivity contribution in [2.45, 2.75) is 51.2 Å². The van der Waals surface area contributed by atoms with Crippen LogP contribution in [0.1, 0.15) is 44.6 Å². The lowest BCUT2D eigenvalue weighted by Crippen LogP contribution is -2.35. The van der Waals surface area contributed by atoms with Crippen molar-refractivity contribution in [2.24, 2.45) is 5.73 Å². The van der Waals surface area contributed by atoms with E-state index in [1.54, 1.807) is 6.92 Å². The molecule has 3 N–H and O–H groups in total. The number of nitrogens with two attached hydrogens (primary N) is 1. The van der Waals surface area contributed by atoms with Gasteiger partial charge in [-0.2, -0.15) is 0 Å². The van der Waals surface area contributed by atoms with Gasteiger partial charge < -0.3 is 10.8 Å². The normalized spacial score (nSPS) is 16.3. The Labute approximate surface area is 107 Å². The number of hydrogen-bond donors (Lipinski definition) is 2. The van der Waals surface area contributed by atoms with Crippen molar-refractivity contribution in [3.63, 3.8) is 0 Å². The van der Waals surface area contributed by atoms with Crippen LogP contribution in [0.15, 0.2) is 18.2 Å². The van der Waals surface area contributed by atoms with Crippen molar-refractivity contribution in [3.05, 3.63) is 35.4 Å². The second-order valence-corrected chi connectivity index (χ2v) is 4.82. The first-order valence-electron chi connectivity index (χ1n) is 6.34. The molecule has 0 saturated heterocycles. The number of aliphatic hydroxyl groups is 1. The summed E-state index contributed by atoms with van der Waals surface area (Å²) in [6.45, 7) is 3.75. The topological polar surface area (TPSA) is 46.2 Å². The standard InChI is InChI=1S/C14H21F2NO/c1-3-4-13(17)14(18)7-9(2)11-8-10(15)5-6-12(11)16/h5-6,8-9,13-14,18H,3-4,7,17H2,1-2H3. The highest BCUT2D eigenvalue weighted by Crippen LogP contribution is 2.25. The minimum atomic E-state index is -0.692. The molecule has 102 valence electrons. The van der Waals surface area contributed by atoms with Gasteiger partial charge in [0.15, 0.2) is 0 Å². The zero-order valence-corrected chi connectivity index (χ0v) is 10.9. The van der Waals surface area contributed by atoms with Gasteiger partial charge in [-0.25, -0.2) is 8.78 Å². The predicted octanol–water partition coefficient (Wildman–Crippen LogP) is 2.95. The van der Waals surface area contributed by atoms with Crippen molar-refractivity contribution in [2.75, 3.05) is 0 Å². The van der Waals surface area contributed by atoms with E-state index in [-0.39, 0.29) is 17.5 Å².